The molecule has 346 valence electrons. The third-order valence-electron chi connectivity index (χ3n) is 12.4. The van der Waals surface area contributed by atoms with Crippen LogP contribution in [0.4, 0.5) is 9.59 Å². The first-order valence-electron chi connectivity index (χ1n) is 21.8. The summed E-state index contributed by atoms with van der Waals surface area (Å²) in [7, 11) is 6.35. The van der Waals surface area contributed by atoms with Crippen LogP contribution in [0, 0.1) is 21.7 Å². The molecule has 0 unspecified atom stereocenters. The Morgan fingerprint density at radius 1 is 0.500 bits per heavy atom. The van der Waals surface area contributed by atoms with E-state index >= 15 is 0 Å². The van der Waals surface area contributed by atoms with Crippen LogP contribution in [-0.2, 0) is 19.1 Å². The zero-order valence-electron chi connectivity index (χ0n) is 41.2. The van der Waals surface area contributed by atoms with Gasteiger partial charge in [0.1, 0.15) is 11.6 Å². The lowest BCUT2D eigenvalue weighted by molar-refractivity contribution is -0.153. The molecule has 0 radical (unpaired) electrons. The molecule has 0 saturated carbocycles. The van der Waals surface area contributed by atoms with Crippen LogP contribution >= 0.6 is 0 Å². The van der Waals surface area contributed by atoms with Gasteiger partial charge in [0, 0.05) is 39.0 Å². The Morgan fingerprint density at radius 3 is 1.06 bits per heavy atom. The second kappa shape index (κ2) is 17.2. The number of imidazole rings is 2. The first kappa shape index (κ1) is 49.1. The summed E-state index contributed by atoms with van der Waals surface area (Å²) in [4.78, 5) is 73.0. The molecule has 4 N–H and O–H groups in total. The number of hydrogen-bond acceptors (Lipinski definition) is 8. The Kier molecular flexibility index (Phi) is 13.2. The lowest BCUT2D eigenvalue weighted by Gasteiger charge is -2.42. The Labute approximate surface area is 378 Å². The maximum Gasteiger partial charge on any atom is 0.410 e. The number of nitrogens with one attached hydrogen (secondary N) is 4. The highest BCUT2D eigenvalue weighted by atomic mass is 16.6. The number of hydrogen-bond donors (Lipinski definition) is 4. The zero-order chi connectivity index (χ0) is 48.1. The van der Waals surface area contributed by atoms with Crippen LogP contribution in [-0.4, -0.2) is 93.1 Å². The van der Waals surface area contributed by atoms with Crippen LogP contribution < -0.4 is 10.6 Å². The third-order valence-corrected chi connectivity index (χ3v) is 12.4. The van der Waals surface area contributed by atoms with Crippen molar-refractivity contribution in [1.29, 1.82) is 0 Å². The highest BCUT2D eigenvalue weighted by Crippen LogP contribution is 2.40. The van der Waals surface area contributed by atoms with Crippen LogP contribution in [0.2, 0.25) is 0 Å². The van der Waals surface area contributed by atoms with Crippen LogP contribution in [0.5, 0.6) is 0 Å². The molecule has 5 rings (SSSR count). The average molecular weight is 879 g/mol. The van der Waals surface area contributed by atoms with E-state index in [0.29, 0.717) is 11.6 Å². The minimum atomic E-state index is -1.47. The van der Waals surface area contributed by atoms with Crippen molar-refractivity contribution in [1.82, 2.24) is 40.4 Å². The van der Waals surface area contributed by atoms with Gasteiger partial charge in [0.2, 0.25) is 0 Å². The SMILES string of the molecule is CN(C)C(=O)O[C@@](C)(C(=O)N[C@H](c1nc2ccc(-c3ccc(-c4ccc5nc([C@@H](NC(=O)[C@](C)(OC(=O)N(C)C)C(C)(C)C)C(C)(C)C)[nH]c5c4)cc3)cc2[nH]1)C(C)(C)C)C(C)(C)C. The number of fused-ring (bicyclic) bond motifs is 2. The number of H-pyrrole nitrogens is 2. The van der Waals surface area contributed by atoms with Gasteiger partial charge in [0.15, 0.2) is 11.2 Å². The van der Waals surface area contributed by atoms with Gasteiger partial charge in [-0.2, -0.15) is 0 Å². The summed E-state index contributed by atoms with van der Waals surface area (Å²) in [6.07, 6.45) is -1.20. The molecular formula is C50H70N8O6. The van der Waals surface area contributed by atoms with E-state index in [1.807, 2.05) is 107 Å². The molecule has 3 aromatic carbocycles. The van der Waals surface area contributed by atoms with Crippen molar-refractivity contribution in [2.75, 3.05) is 28.2 Å². The third kappa shape index (κ3) is 10.1. The summed E-state index contributed by atoms with van der Waals surface area (Å²) < 4.78 is 11.7. The highest BCUT2D eigenvalue weighted by molar-refractivity contribution is 5.90. The summed E-state index contributed by atoms with van der Waals surface area (Å²) in [5.41, 5.74) is 1.91. The van der Waals surface area contributed by atoms with Gasteiger partial charge in [-0.15, -0.1) is 0 Å². The number of rotatable bonds is 10. The van der Waals surface area contributed by atoms with E-state index in [2.05, 4.69) is 57.0 Å². The normalized spacial score (nSPS) is 15.4. The molecule has 0 bridgehead atoms. The van der Waals surface area contributed by atoms with Crippen molar-refractivity contribution < 1.29 is 28.7 Å². The Balaban J connectivity index is 1.39. The van der Waals surface area contributed by atoms with Crippen molar-refractivity contribution in [2.45, 2.75) is 120 Å². The second-order valence-corrected chi connectivity index (χ2v) is 21.9. The van der Waals surface area contributed by atoms with E-state index in [0.717, 1.165) is 44.3 Å². The number of benzene rings is 3. The fraction of sp³-hybridized carbons (Fsp3) is 0.520. The van der Waals surface area contributed by atoms with E-state index in [1.165, 1.54) is 9.80 Å². The minimum Gasteiger partial charge on any atom is -0.432 e. The molecule has 0 aliphatic rings. The molecule has 2 heterocycles. The maximum absolute atomic E-state index is 14.1. The average Bonchev–Trinajstić information content (AvgIpc) is 3.80. The fourth-order valence-corrected chi connectivity index (χ4v) is 7.09. The van der Waals surface area contributed by atoms with Gasteiger partial charge in [-0.05, 0) is 71.2 Å². The van der Waals surface area contributed by atoms with Gasteiger partial charge in [-0.25, -0.2) is 19.6 Å². The quantitative estimate of drug-likeness (QED) is 0.107. The van der Waals surface area contributed by atoms with Crippen molar-refractivity contribution in [2.24, 2.45) is 21.7 Å². The highest BCUT2D eigenvalue weighted by Gasteiger charge is 2.51. The van der Waals surface area contributed by atoms with Gasteiger partial charge in [-0.3, -0.25) is 9.59 Å². The van der Waals surface area contributed by atoms with Gasteiger partial charge in [0.05, 0.1) is 34.2 Å². The molecule has 4 atom stereocenters. The van der Waals surface area contributed by atoms with E-state index in [-0.39, 0.29) is 0 Å². The number of aromatic amines is 2. The van der Waals surface area contributed by atoms with Crippen LogP contribution in [0.1, 0.15) is 121 Å². The van der Waals surface area contributed by atoms with E-state index < -0.39 is 68.9 Å². The molecule has 0 saturated heterocycles. The monoisotopic (exact) mass is 879 g/mol. The van der Waals surface area contributed by atoms with Gasteiger partial charge in [-0.1, -0.05) is 119 Å². The van der Waals surface area contributed by atoms with Gasteiger partial charge >= 0.3 is 12.2 Å². The van der Waals surface area contributed by atoms with Crippen molar-refractivity contribution >= 4 is 46.1 Å². The lowest BCUT2D eigenvalue weighted by Crippen LogP contribution is -2.58. The first-order chi connectivity index (χ1) is 29.3. The summed E-state index contributed by atoms with van der Waals surface area (Å²) in [5, 5.41) is 6.35. The van der Waals surface area contributed by atoms with Crippen LogP contribution in [0.15, 0.2) is 60.7 Å². The molecule has 0 aliphatic heterocycles. The van der Waals surface area contributed by atoms with E-state index in [1.54, 1.807) is 42.0 Å². The number of carbonyl (C=O) groups excluding carboxylic acids is 4. The largest absolute Gasteiger partial charge is 0.432 e. The van der Waals surface area contributed by atoms with E-state index in [4.69, 9.17) is 19.4 Å². The summed E-state index contributed by atoms with van der Waals surface area (Å²) in [6, 6.07) is 19.4. The molecule has 14 nitrogen and oxygen atoms in total. The number of carbonyl (C=O) groups is 4. The van der Waals surface area contributed by atoms with Crippen LogP contribution in [0.25, 0.3) is 44.3 Å². The molecule has 2 aromatic heterocycles. The Morgan fingerprint density at radius 2 is 0.797 bits per heavy atom. The van der Waals surface area contributed by atoms with Crippen LogP contribution in [0.3, 0.4) is 0 Å². The predicted octanol–water partition coefficient (Wildman–Crippen LogP) is 10.2. The van der Waals surface area contributed by atoms with Gasteiger partial charge in [0.25, 0.3) is 11.8 Å². The number of amides is 4. The first-order valence-corrected chi connectivity index (χ1v) is 21.8. The predicted molar refractivity (Wildman–Crippen MR) is 253 cm³/mol. The Bertz CT molecular complexity index is 2350. The molecule has 14 heteroatoms. The molecule has 0 aliphatic carbocycles. The zero-order valence-corrected chi connectivity index (χ0v) is 41.2. The molecule has 5 aromatic rings. The van der Waals surface area contributed by atoms with Crippen molar-refractivity contribution in [3.8, 4) is 22.3 Å². The molecule has 64 heavy (non-hydrogen) atoms. The standard InChI is InChI=1S/C50H70N8O6/c1-45(2,3)37(55-41(59)49(13,47(7,8)9)63-43(61)57(15)16)39-51-33-25-23-31(27-35(33)53-39)29-19-21-30(22-20-29)32-24-26-34-36(28-32)54-40(52-34)38(46(4,5)6)56-42(60)50(14,48(10,11)12)64-44(62)58(17)18/h19-28,37-38H,1-18H3,(H,51,53)(H,52,54)(H,55,59)(H,56,60)/t37-,38-,49+,50+/m1/s1. The number of nitrogens with zero attached hydrogens (tertiary/aromatic N) is 4. The fourth-order valence-electron chi connectivity index (χ4n) is 7.09. The lowest BCUT2D eigenvalue weighted by atomic mass is 9.76. The smallest absolute Gasteiger partial charge is 0.410 e. The van der Waals surface area contributed by atoms with Crippen molar-refractivity contribution in [3.05, 3.63) is 72.3 Å². The summed E-state index contributed by atoms with van der Waals surface area (Å²) in [6.45, 7) is 26.7. The van der Waals surface area contributed by atoms with Gasteiger partial charge < -0.3 is 39.9 Å². The number of aromatic nitrogens is 4. The summed E-state index contributed by atoms with van der Waals surface area (Å²) >= 11 is 0. The maximum atomic E-state index is 14.1. The second-order valence-electron chi connectivity index (χ2n) is 21.9. The molecular weight excluding hydrogens is 809 g/mol. The molecule has 0 fully saturated rings. The Hall–Kier alpha value is -5.92. The molecule has 4 amide bonds. The van der Waals surface area contributed by atoms with Crippen molar-refractivity contribution in [3.63, 3.8) is 0 Å². The topological polar surface area (TPSA) is 175 Å². The van der Waals surface area contributed by atoms with E-state index in [9.17, 15) is 19.2 Å². The molecule has 0 spiro atoms. The minimum absolute atomic E-state index is 0.410. The number of ether oxygens (including phenoxy) is 2. The summed E-state index contributed by atoms with van der Waals surface area (Å²) in [5.74, 6) is 0.375.